The molecule has 3 heteroatoms. The van der Waals surface area contributed by atoms with Gasteiger partial charge in [0.1, 0.15) is 0 Å². The Kier molecular flexibility index (Phi) is 5.12. The largest absolute Gasteiger partial charge is 0.367 e. The molecule has 0 heterocycles. The van der Waals surface area contributed by atoms with Crippen LogP contribution in [0.15, 0.2) is 18.2 Å². The molecule has 0 atom stereocenters. The molecule has 106 valence electrons. The number of hydrogen-bond donors (Lipinski definition) is 1. The molecule has 0 radical (unpaired) electrons. The second-order valence-electron chi connectivity index (χ2n) is 5.72. The van der Waals surface area contributed by atoms with Crippen LogP contribution in [0.1, 0.15) is 39.2 Å². The lowest BCUT2D eigenvalue weighted by Crippen LogP contribution is -2.34. The number of para-hydroxylation sites is 1. The van der Waals surface area contributed by atoms with Crippen LogP contribution in [0.5, 0.6) is 0 Å². The van der Waals surface area contributed by atoms with Crippen molar-refractivity contribution in [1.82, 2.24) is 5.32 Å². The maximum absolute atomic E-state index is 6.48. The highest BCUT2D eigenvalue weighted by molar-refractivity contribution is 6.33. The summed E-state index contributed by atoms with van der Waals surface area (Å²) in [6.07, 6.45) is 2.74. The van der Waals surface area contributed by atoms with E-state index < -0.39 is 0 Å². The first kappa shape index (κ1) is 14.7. The van der Waals surface area contributed by atoms with Gasteiger partial charge in [-0.2, -0.15) is 0 Å². The van der Waals surface area contributed by atoms with Gasteiger partial charge in [0.25, 0.3) is 0 Å². The van der Waals surface area contributed by atoms with E-state index in [-0.39, 0.29) is 0 Å². The summed E-state index contributed by atoms with van der Waals surface area (Å²) in [4.78, 5) is 2.48. The van der Waals surface area contributed by atoms with Gasteiger partial charge in [0.15, 0.2) is 0 Å². The van der Waals surface area contributed by atoms with Gasteiger partial charge in [0.05, 0.1) is 10.7 Å². The fraction of sp³-hybridized carbons (Fsp3) is 0.625. The molecule has 0 amide bonds. The van der Waals surface area contributed by atoms with Gasteiger partial charge in [-0.1, -0.05) is 30.7 Å². The van der Waals surface area contributed by atoms with Crippen LogP contribution in [0.25, 0.3) is 0 Å². The van der Waals surface area contributed by atoms with Crippen LogP contribution in [-0.4, -0.2) is 19.1 Å². The zero-order chi connectivity index (χ0) is 13.8. The van der Waals surface area contributed by atoms with E-state index in [4.69, 9.17) is 11.6 Å². The Morgan fingerprint density at radius 1 is 1.37 bits per heavy atom. The zero-order valence-electron chi connectivity index (χ0n) is 12.2. The predicted molar refractivity (Wildman–Crippen MR) is 84.0 cm³/mol. The van der Waals surface area contributed by atoms with E-state index in [1.54, 1.807) is 0 Å². The third-order valence-electron chi connectivity index (χ3n) is 3.70. The molecule has 0 unspecified atom stereocenters. The van der Waals surface area contributed by atoms with Crippen LogP contribution in [-0.2, 0) is 6.54 Å². The minimum Gasteiger partial charge on any atom is -0.367 e. The third-order valence-corrected chi connectivity index (χ3v) is 4.00. The van der Waals surface area contributed by atoms with Gasteiger partial charge in [-0.15, -0.1) is 0 Å². The summed E-state index contributed by atoms with van der Waals surface area (Å²) in [6, 6.07) is 6.73. The maximum atomic E-state index is 6.48. The predicted octanol–water partition coefficient (Wildman–Crippen LogP) is 4.07. The monoisotopic (exact) mass is 280 g/mol. The van der Waals surface area contributed by atoms with Crippen LogP contribution in [0, 0.1) is 5.92 Å². The molecule has 19 heavy (non-hydrogen) atoms. The van der Waals surface area contributed by atoms with Crippen LogP contribution >= 0.6 is 11.6 Å². The topological polar surface area (TPSA) is 15.3 Å². The summed E-state index contributed by atoms with van der Waals surface area (Å²) < 4.78 is 0. The molecule has 0 bridgehead atoms. The van der Waals surface area contributed by atoms with Gasteiger partial charge in [-0.3, -0.25) is 0 Å². The van der Waals surface area contributed by atoms with Crippen molar-refractivity contribution in [1.29, 1.82) is 0 Å². The van der Waals surface area contributed by atoms with Crippen molar-refractivity contribution in [3.63, 3.8) is 0 Å². The quantitative estimate of drug-likeness (QED) is 0.810. The Balaban J connectivity index is 2.27. The van der Waals surface area contributed by atoms with E-state index in [9.17, 15) is 0 Å². The second kappa shape index (κ2) is 6.62. The Hall–Kier alpha value is -0.730. The van der Waals surface area contributed by atoms with Crippen LogP contribution in [0.3, 0.4) is 0 Å². The minimum absolute atomic E-state index is 0.487. The van der Waals surface area contributed by atoms with Crippen molar-refractivity contribution in [2.45, 2.75) is 46.2 Å². The SMILES string of the molecule is CCNCc1cccc(Cl)c1N(CC1CC1)C(C)C. The van der Waals surface area contributed by atoms with Gasteiger partial charge in [-0.25, -0.2) is 0 Å². The summed E-state index contributed by atoms with van der Waals surface area (Å²) >= 11 is 6.48. The molecule has 1 N–H and O–H groups in total. The van der Waals surface area contributed by atoms with Gasteiger partial charge < -0.3 is 10.2 Å². The first-order valence-corrected chi connectivity index (χ1v) is 7.76. The number of benzene rings is 1. The lowest BCUT2D eigenvalue weighted by molar-refractivity contribution is 0.636. The smallest absolute Gasteiger partial charge is 0.0643 e. The number of hydrogen-bond acceptors (Lipinski definition) is 2. The highest BCUT2D eigenvalue weighted by Gasteiger charge is 2.27. The molecule has 1 fully saturated rings. The van der Waals surface area contributed by atoms with E-state index >= 15 is 0 Å². The van der Waals surface area contributed by atoms with E-state index in [1.165, 1.54) is 24.1 Å². The Labute approximate surface area is 122 Å². The van der Waals surface area contributed by atoms with E-state index in [2.05, 4.69) is 37.1 Å². The molecule has 0 saturated heterocycles. The average molecular weight is 281 g/mol. The van der Waals surface area contributed by atoms with Crippen molar-refractivity contribution >= 4 is 17.3 Å². The summed E-state index contributed by atoms with van der Waals surface area (Å²) in [6.45, 7) is 9.65. The van der Waals surface area contributed by atoms with Crippen molar-refractivity contribution in [2.24, 2.45) is 5.92 Å². The molecule has 0 aromatic heterocycles. The maximum Gasteiger partial charge on any atom is 0.0643 e. The van der Waals surface area contributed by atoms with E-state index in [0.717, 1.165) is 30.6 Å². The molecule has 2 rings (SSSR count). The second-order valence-corrected chi connectivity index (χ2v) is 6.12. The first-order valence-electron chi connectivity index (χ1n) is 7.38. The summed E-state index contributed by atoms with van der Waals surface area (Å²) in [5.74, 6) is 0.866. The molecular formula is C16H25ClN2. The number of rotatable bonds is 7. The number of nitrogens with one attached hydrogen (secondary N) is 1. The highest BCUT2D eigenvalue weighted by atomic mass is 35.5. The standard InChI is InChI=1S/C16H25ClN2/c1-4-18-10-14-6-5-7-15(17)16(14)19(12(2)3)11-13-8-9-13/h5-7,12-13,18H,4,8-11H2,1-3H3. The molecule has 1 aromatic carbocycles. The summed E-state index contributed by atoms with van der Waals surface area (Å²) in [5.41, 5.74) is 2.54. The average Bonchev–Trinajstić information content (AvgIpc) is 3.18. The Morgan fingerprint density at radius 3 is 2.68 bits per heavy atom. The molecule has 1 aliphatic carbocycles. The minimum atomic E-state index is 0.487. The number of anilines is 1. The fourth-order valence-corrected chi connectivity index (χ4v) is 2.73. The normalized spacial score (nSPS) is 15.0. The molecule has 0 spiro atoms. The summed E-state index contributed by atoms with van der Waals surface area (Å²) in [5, 5.41) is 4.29. The van der Waals surface area contributed by atoms with Gasteiger partial charge >= 0.3 is 0 Å². The molecule has 1 aliphatic rings. The lowest BCUT2D eigenvalue weighted by atomic mass is 10.1. The first-order chi connectivity index (χ1) is 9.13. The summed E-state index contributed by atoms with van der Waals surface area (Å²) in [7, 11) is 0. The fourth-order valence-electron chi connectivity index (χ4n) is 2.42. The van der Waals surface area contributed by atoms with E-state index in [0.29, 0.717) is 6.04 Å². The zero-order valence-corrected chi connectivity index (χ0v) is 13.0. The van der Waals surface area contributed by atoms with Gasteiger partial charge in [0.2, 0.25) is 0 Å². The van der Waals surface area contributed by atoms with Crippen LogP contribution < -0.4 is 10.2 Å². The molecule has 2 nitrogen and oxygen atoms in total. The Morgan fingerprint density at radius 2 is 2.11 bits per heavy atom. The van der Waals surface area contributed by atoms with Crippen LogP contribution in [0.2, 0.25) is 5.02 Å². The van der Waals surface area contributed by atoms with Crippen molar-refractivity contribution < 1.29 is 0 Å². The lowest BCUT2D eigenvalue weighted by Gasteiger charge is -2.32. The van der Waals surface area contributed by atoms with Crippen molar-refractivity contribution in [3.8, 4) is 0 Å². The highest BCUT2D eigenvalue weighted by Crippen LogP contribution is 2.36. The van der Waals surface area contributed by atoms with E-state index in [1.807, 2.05) is 12.1 Å². The van der Waals surface area contributed by atoms with Crippen molar-refractivity contribution in [3.05, 3.63) is 28.8 Å². The van der Waals surface area contributed by atoms with Gasteiger partial charge in [-0.05, 0) is 50.8 Å². The van der Waals surface area contributed by atoms with Crippen molar-refractivity contribution in [2.75, 3.05) is 18.0 Å². The Bertz CT molecular complexity index is 413. The van der Waals surface area contributed by atoms with Crippen LogP contribution in [0.4, 0.5) is 5.69 Å². The molecule has 0 aliphatic heterocycles. The molecule has 1 saturated carbocycles. The molecular weight excluding hydrogens is 256 g/mol. The molecule has 1 aromatic rings. The number of halogens is 1. The van der Waals surface area contributed by atoms with Gasteiger partial charge in [0, 0.05) is 19.1 Å². The number of nitrogens with zero attached hydrogens (tertiary/aromatic N) is 1. The third kappa shape index (κ3) is 3.87.